The monoisotopic (exact) mass is 386 g/mol. The molecule has 0 atom stereocenters. The van der Waals surface area contributed by atoms with E-state index in [0.29, 0.717) is 25.3 Å². The van der Waals surface area contributed by atoms with E-state index in [9.17, 15) is 14.4 Å². The number of amides is 3. The van der Waals surface area contributed by atoms with Crippen LogP contribution < -0.4 is 15.4 Å². The maximum atomic E-state index is 11.5. The molecular formula is C15H19BrN2O5. The molecule has 7 nitrogen and oxygen atoms in total. The summed E-state index contributed by atoms with van der Waals surface area (Å²) >= 11 is 3.33. The van der Waals surface area contributed by atoms with Crippen molar-refractivity contribution in [3.05, 3.63) is 28.7 Å². The fourth-order valence-electron chi connectivity index (χ4n) is 1.55. The van der Waals surface area contributed by atoms with Gasteiger partial charge in [-0.1, -0.05) is 22.0 Å². The van der Waals surface area contributed by atoms with Gasteiger partial charge < -0.3 is 14.8 Å². The van der Waals surface area contributed by atoms with E-state index in [2.05, 4.69) is 21.2 Å². The molecule has 1 rings (SSSR count). The molecule has 8 heteroatoms. The number of hydrogen-bond acceptors (Lipinski definition) is 5. The second-order valence-corrected chi connectivity index (χ2v) is 5.39. The van der Waals surface area contributed by atoms with E-state index in [-0.39, 0.29) is 6.42 Å². The molecule has 0 aliphatic heterocycles. The smallest absolute Gasteiger partial charge is 0.321 e. The number of hydrogen-bond donors (Lipinski definition) is 2. The maximum absolute atomic E-state index is 11.5. The fraction of sp³-hybridized carbons (Fsp3) is 0.400. The molecule has 0 saturated carbocycles. The van der Waals surface area contributed by atoms with Crippen molar-refractivity contribution >= 4 is 33.8 Å². The summed E-state index contributed by atoms with van der Waals surface area (Å²) in [5.41, 5.74) is 0. The molecule has 0 aromatic heterocycles. The first-order valence-corrected chi connectivity index (χ1v) is 7.92. The first-order valence-electron chi connectivity index (χ1n) is 7.13. The Morgan fingerprint density at radius 3 is 2.74 bits per heavy atom. The highest BCUT2D eigenvalue weighted by Crippen LogP contribution is 2.17. The first-order chi connectivity index (χ1) is 11.0. The molecular weight excluding hydrogens is 368 g/mol. The van der Waals surface area contributed by atoms with Crippen LogP contribution in [0.25, 0.3) is 0 Å². The average molecular weight is 387 g/mol. The Kier molecular flexibility index (Phi) is 8.74. The number of esters is 1. The lowest BCUT2D eigenvalue weighted by Gasteiger charge is -2.07. The number of ether oxygens (including phenoxy) is 2. The van der Waals surface area contributed by atoms with Gasteiger partial charge in [0.1, 0.15) is 5.75 Å². The zero-order chi connectivity index (χ0) is 17.1. The van der Waals surface area contributed by atoms with E-state index >= 15 is 0 Å². The van der Waals surface area contributed by atoms with Crippen LogP contribution in [0.3, 0.4) is 0 Å². The normalized spacial score (nSPS) is 9.83. The largest absolute Gasteiger partial charge is 0.494 e. The Morgan fingerprint density at radius 2 is 2.04 bits per heavy atom. The van der Waals surface area contributed by atoms with Crippen molar-refractivity contribution in [2.24, 2.45) is 0 Å². The van der Waals surface area contributed by atoms with Crippen LogP contribution in [0, 0.1) is 0 Å². The van der Waals surface area contributed by atoms with Crippen LogP contribution in [0.4, 0.5) is 4.79 Å². The molecule has 0 saturated heterocycles. The summed E-state index contributed by atoms with van der Waals surface area (Å²) in [6, 6.07) is 6.76. The van der Waals surface area contributed by atoms with Gasteiger partial charge in [0.25, 0.3) is 5.91 Å². The van der Waals surface area contributed by atoms with Crippen molar-refractivity contribution in [3.63, 3.8) is 0 Å². The Morgan fingerprint density at radius 1 is 1.26 bits per heavy atom. The zero-order valence-electron chi connectivity index (χ0n) is 12.8. The topological polar surface area (TPSA) is 93.7 Å². The minimum absolute atomic E-state index is 0.127. The lowest BCUT2D eigenvalue weighted by molar-refractivity contribution is -0.148. The third-order valence-electron chi connectivity index (χ3n) is 2.54. The summed E-state index contributed by atoms with van der Waals surface area (Å²) < 4.78 is 11.1. The molecule has 23 heavy (non-hydrogen) atoms. The summed E-state index contributed by atoms with van der Waals surface area (Å²) in [7, 11) is 0. The summed E-state index contributed by atoms with van der Waals surface area (Å²) in [5.74, 6) is -0.488. The van der Waals surface area contributed by atoms with Crippen LogP contribution in [0.2, 0.25) is 0 Å². The van der Waals surface area contributed by atoms with Gasteiger partial charge in [-0.3, -0.25) is 14.9 Å². The Bertz CT molecular complexity index is 550. The summed E-state index contributed by atoms with van der Waals surface area (Å²) in [6.07, 6.45) is 0.589. The molecule has 126 valence electrons. The Hall–Kier alpha value is -2.09. The predicted molar refractivity (Wildman–Crippen MR) is 87.0 cm³/mol. The van der Waals surface area contributed by atoms with Crippen LogP contribution in [-0.4, -0.2) is 37.7 Å². The van der Waals surface area contributed by atoms with E-state index in [1.165, 1.54) is 0 Å². The third-order valence-corrected chi connectivity index (χ3v) is 3.04. The number of benzene rings is 1. The molecule has 1 aromatic rings. The number of carbonyl (C=O) groups is 3. The third kappa shape index (κ3) is 8.82. The van der Waals surface area contributed by atoms with Crippen molar-refractivity contribution in [1.29, 1.82) is 0 Å². The van der Waals surface area contributed by atoms with E-state index in [1.54, 1.807) is 6.92 Å². The Labute approximate surface area is 142 Å². The summed E-state index contributed by atoms with van der Waals surface area (Å²) in [5, 5.41) is 4.43. The van der Waals surface area contributed by atoms with Crippen molar-refractivity contribution in [2.75, 3.05) is 19.8 Å². The number of carbonyl (C=O) groups excluding carboxylic acids is 3. The van der Waals surface area contributed by atoms with E-state index < -0.39 is 24.5 Å². The minimum Gasteiger partial charge on any atom is -0.494 e. The van der Waals surface area contributed by atoms with Gasteiger partial charge in [0.2, 0.25) is 0 Å². The second kappa shape index (κ2) is 10.6. The molecule has 0 aliphatic rings. The van der Waals surface area contributed by atoms with Crippen LogP contribution in [0.15, 0.2) is 28.7 Å². The SMILES string of the molecule is CCNC(=O)NC(=O)COC(=O)CCCOc1cccc(Br)c1. The highest BCUT2D eigenvalue weighted by atomic mass is 79.9. The van der Waals surface area contributed by atoms with Gasteiger partial charge in [0.05, 0.1) is 6.61 Å². The predicted octanol–water partition coefficient (Wildman–Crippen LogP) is 2.00. The van der Waals surface area contributed by atoms with Gasteiger partial charge in [-0.05, 0) is 31.5 Å². The van der Waals surface area contributed by atoms with Crippen LogP contribution in [-0.2, 0) is 14.3 Å². The lowest BCUT2D eigenvalue weighted by Crippen LogP contribution is -2.41. The molecule has 0 heterocycles. The lowest BCUT2D eigenvalue weighted by atomic mass is 10.3. The summed E-state index contributed by atoms with van der Waals surface area (Å²) in [6.45, 7) is 2.00. The molecule has 0 aliphatic carbocycles. The first kappa shape index (κ1) is 19.0. The van der Waals surface area contributed by atoms with Gasteiger partial charge in [-0.15, -0.1) is 0 Å². The molecule has 0 unspecified atom stereocenters. The molecule has 1 aromatic carbocycles. The van der Waals surface area contributed by atoms with Gasteiger partial charge in [0, 0.05) is 17.4 Å². The molecule has 2 N–H and O–H groups in total. The second-order valence-electron chi connectivity index (χ2n) is 4.48. The summed E-state index contributed by atoms with van der Waals surface area (Å²) in [4.78, 5) is 33.8. The number of imide groups is 1. The quantitative estimate of drug-likeness (QED) is 0.526. The van der Waals surface area contributed by atoms with E-state index in [4.69, 9.17) is 9.47 Å². The molecule has 3 amide bonds. The van der Waals surface area contributed by atoms with Gasteiger partial charge in [0.15, 0.2) is 6.61 Å². The minimum atomic E-state index is -0.672. The molecule has 0 spiro atoms. The van der Waals surface area contributed by atoms with E-state index in [0.717, 1.165) is 4.47 Å². The van der Waals surface area contributed by atoms with Gasteiger partial charge in [-0.2, -0.15) is 0 Å². The van der Waals surface area contributed by atoms with Gasteiger partial charge >= 0.3 is 12.0 Å². The van der Waals surface area contributed by atoms with Crippen molar-refractivity contribution in [1.82, 2.24) is 10.6 Å². The zero-order valence-corrected chi connectivity index (χ0v) is 14.4. The molecule has 0 bridgehead atoms. The van der Waals surface area contributed by atoms with Crippen LogP contribution in [0.1, 0.15) is 19.8 Å². The van der Waals surface area contributed by atoms with Crippen molar-refractivity contribution < 1.29 is 23.9 Å². The molecule has 0 radical (unpaired) electrons. The highest BCUT2D eigenvalue weighted by molar-refractivity contribution is 9.10. The van der Waals surface area contributed by atoms with E-state index in [1.807, 2.05) is 29.6 Å². The van der Waals surface area contributed by atoms with Crippen LogP contribution >= 0.6 is 15.9 Å². The fourth-order valence-corrected chi connectivity index (χ4v) is 1.93. The highest BCUT2D eigenvalue weighted by Gasteiger charge is 2.10. The van der Waals surface area contributed by atoms with Crippen molar-refractivity contribution in [3.8, 4) is 5.75 Å². The van der Waals surface area contributed by atoms with Gasteiger partial charge in [-0.25, -0.2) is 4.79 Å². The number of rotatable bonds is 8. The number of halogens is 1. The standard InChI is InChI=1S/C15H19BrN2O5/c1-2-17-15(21)18-13(19)10-23-14(20)7-4-8-22-12-6-3-5-11(16)9-12/h3,5-6,9H,2,4,7-8,10H2,1H3,(H2,17,18,19,21). The number of urea groups is 1. The van der Waals surface area contributed by atoms with Crippen molar-refractivity contribution in [2.45, 2.75) is 19.8 Å². The average Bonchev–Trinajstić information content (AvgIpc) is 2.50. The Balaban J connectivity index is 2.12. The van der Waals surface area contributed by atoms with Crippen LogP contribution in [0.5, 0.6) is 5.75 Å². The molecule has 0 fully saturated rings. The number of nitrogens with one attached hydrogen (secondary N) is 2. The maximum Gasteiger partial charge on any atom is 0.321 e.